The number of aliphatic carboxylic acids is 1. The van der Waals surface area contributed by atoms with Crippen molar-refractivity contribution < 1.29 is 14.6 Å². The van der Waals surface area contributed by atoms with E-state index in [-0.39, 0.29) is 18.3 Å². The highest BCUT2D eigenvalue weighted by molar-refractivity contribution is 5.67. The van der Waals surface area contributed by atoms with E-state index in [1.807, 2.05) is 24.3 Å². The molecule has 3 aromatic carbocycles. The first-order valence-electron chi connectivity index (χ1n) is 10.2. The average Bonchev–Trinajstić information content (AvgIpc) is 2.75. The predicted molar refractivity (Wildman–Crippen MR) is 115 cm³/mol. The highest BCUT2D eigenvalue weighted by atomic mass is 16.5. The zero-order valence-corrected chi connectivity index (χ0v) is 16.7. The van der Waals surface area contributed by atoms with Gasteiger partial charge in [0, 0.05) is 6.42 Å². The van der Waals surface area contributed by atoms with Crippen molar-refractivity contribution in [2.75, 3.05) is 0 Å². The Morgan fingerprint density at radius 3 is 2.45 bits per heavy atom. The zero-order valence-electron chi connectivity index (χ0n) is 16.7. The van der Waals surface area contributed by atoms with Crippen LogP contribution in [-0.2, 0) is 17.8 Å². The summed E-state index contributed by atoms with van der Waals surface area (Å²) in [4.78, 5) is 11.1. The molecule has 0 aliphatic heterocycles. The van der Waals surface area contributed by atoms with Crippen LogP contribution in [0.1, 0.15) is 42.4 Å². The molecular formula is C26H26O3. The molecule has 0 heterocycles. The molecule has 0 amide bonds. The van der Waals surface area contributed by atoms with Gasteiger partial charge >= 0.3 is 5.97 Å². The monoisotopic (exact) mass is 386 g/mol. The van der Waals surface area contributed by atoms with Gasteiger partial charge in [-0.25, -0.2) is 0 Å². The lowest BCUT2D eigenvalue weighted by atomic mass is 9.74. The summed E-state index contributed by atoms with van der Waals surface area (Å²) < 4.78 is 6.04. The van der Waals surface area contributed by atoms with Crippen molar-refractivity contribution in [3.63, 3.8) is 0 Å². The van der Waals surface area contributed by atoms with Gasteiger partial charge < -0.3 is 9.84 Å². The third kappa shape index (κ3) is 4.51. The quantitative estimate of drug-likeness (QED) is 0.559. The molecule has 0 radical (unpaired) electrons. The van der Waals surface area contributed by atoms with Crippen molar-refractivity contribution >= 4 is 5.97 Å². The third-order valence-corrected chi connectivity index (χ3v) is 6.00. The second-order valence-corrected chi connectivity index (χ2v) is 7.90. The van der Waals surface area contributed by atoms with Crippen molar-refractivity contribution in [1.29, 1.82) is 0 Å². The van der Waals surface area contributed by atoms with Gasteiger partial charge in [0.2, 0.25) is 0 Å². The van der Waals surface area contributed by atoms with Crippen LogP contribution >= 0.6 is 0 Å². The smallest absolute Gasteiger partial charge is 0.303 e. The molecule has 0 bridgehead atoms. The van der Waals surface area contributed by atoms with Crippen molar-refractivity contribution in [3.05, 3.63) is 89.5 Å². The summed E-state index contributed by atoms with van der Waals surface area (Å²) in [6.07, 6.45) is 2.09. The lowest BCUT2D eigenvalue weighted by Crippen LogP contribution is -2.21. The van der Waals surface area contributed by atoms with E-state index in [0.29, 0.717) is 6.61 Å². The first kappa shape index (κ1) is 19.3. The lowest BCUT2D eigenvalue weighted by molar-refractivity contribution is -0.138. The summed E-state index contributed by atoms with van der Waals surface area (Å²) in [5.41, 5.74) is 6.11. The van der Waals surface area contributed by atoms with E-state index in [9.17, 15) is 4.79 Å². The van der Waals surface area contributed by atoms with Gasteiger partial charge in [-0.1, -0.05) is 67.6 Å². The average molecular weight is 386 g/mol. The second-order valence-electron chi connectivity index (χ2n) is 7.90. The molecule has 3 aromatic rings. The van der Waals surface area contributed by atoms with E-state index >= 15 is 0 Å². The number of carboxylic acids is 1. The Morgan fingerprint density at radius 2 is 1.72 bits per heavy atom. The van der Waals surface area contributed by atoms with Crippen LogP contribution < -0.4 is 4.74 Å². The van der Waals surface area contributed by atoms with E-state index < -0.39 is 5.97 Å². The number of hydrogen-bond acceptors (Lipinski definition) is 2. The Balaban J connectivity index is 1.40. The summed E-state index contributed by atoms with van der Waals surface area (Å²) in [7, 11) is 0. The van der Waals surface area contributed by atoms with Crippen LogP contribution in [0.25, 0.3) is 11.1 Å². The Bertz CT molecular complexity index is 977. The minimum atomic E-state index is -0.705. The first-order valence-corrected chi connectivity index (χ1v) is 10.2. The lowest BCUT2D eigenvalue weighted by Gasteiger charge is -2.30. The number of carbonyl (C=O) groups is 1. The molecule has 3 heteroatoms. The molecule has 148 valence electrons. The second kappa shape index (κ2) is 8.52. The summed E-state index contributed by atoms with van der Waals surface area (Å²) in [6, 6.07) is 25.1. The van der Waals surface area contributed by atoms with Crippen molar-refractivity contribution in [2.24, 2.45) is 5.92 Å². The predicted octanol–water partition coefficient (Wildman–Crippen LogP) is 6.07. The molecule has 2 atom stereocenters. The largest absolute Gasteiger partial charge is 0.489 e. The standard InChI is InChI=1S/C26H26O3/c1-18-22(16-26(27)28)11-12-23-15-24(13-14-25(18)23)29-17-19-7-9-21(10-8-19)20-5-3-2-4-6-20/h2-10,13-15,18,22H,11-12,16-17H2,1H3,(H,27,28). The summed E-state index contributed by atoms with van der Waals surface area (Å²) >= 11 is 0. The van der Waals surface area contributed by atoms with Crippen LogP contribution in [0.2, 0.25) is 0 Å². The minimum absolute atomic E-state index is 0.217. The van der Waals surface area contributed by atoms with E-state index in [2.05, 4.69) is 55.5 Å². The summed E-state index contributed by atoms with van der Waals surface area (Å²) in [5.74, 6) is 0.660. The molecule has 2 unspecified atom stereocenters. The van der Waals surface area contributed by atoms with E-state index in [1.54, 1.807) is 0 Å². The van der Waals surface area contributed by atoms with Gasteiger partial charge in [0.1, 0.15) is 12.4 Å². The van der Waals surface area contributed by atoms with E-state index in [0.717, 1.165) is 24.2 Å². The molecule has 0 saturated heterocycles. The number of aryl methyl sites for hydroxylation is 1. The maximum Gasteiger partial charge on any atom is 0.303 e. The van der Waals surface area contributed by atoms with Crippen LogP contribution in [0.3, 0.4) is 0 Å². The van der Waals surface area contributed by atoms with E-state index in [4.69, 9.17) is 9.84 Å². The first-order chi connectivity index (χ1) is 14.1. The Morgan fingerprint density at radius 1 is 1.00 bits per heavy atom. The summed E-state index contributed by atoms with van der Waals surface area (Å²) in [5, 5.41) is 9.12. The maximum atomic E-state index is 11.1. The fraction of sp³-hybridized carbons (Fsp3) is 0.269. The fourth-order valence-electron chi connectivity index (χ4n) is 4.27. The van der Waals surface area contributed by atoms with Gasteiger partial charge in [0.15, 0.2) is 0 Å². The molecule has 1 aliphatic carbocycles. The van der Waals surface area contributed by atoms with Crippen molar-refractivity contribution in [3.8, 4) is 16.9 Å². The van der Waals surface area contributed by atoms with Crippen molar-refractivity contribution in [2.45, 2.75) is 38.7 Å². The topological polar surface area (TPSA) is 46.5 Å². The molecule has 0 fully saturated rings. The normalized spacial score (nSPS) is 18.1. The molecule has 0 aromatic heterocycles. The van der Waals surface area contributed by atoms with Gasteiger partial charge in [0.05, 0.1) is 0 Å². The SMILES string of the molecule is CC1c2ccc(OCc3ccc(-c4ccccc4)cc3)cc2CCC1CC(=O)O. The highest BCUT2D eigenvalue weighted by Gasteiger charge is 2.28. The molecule has 0 saturated carbocycles. The van der Waals surface area contributed by atoms with Gasteiger partial charge in [-0.3, -0.25) is 4.79 Å². The highest BCUT2D eigenvalue weighted by Crippen LogP contribution is 2.39. The van der Waals surface area contributed by atoms with Crippen LogP contribution in [-0.4, -0.2) is 11.1 Å². The number of fused-ring (bicyclic) bond motifs is 1. The Labute approximate surface area is 172 Å². The van der Waals surface area contributed by atoms with Crippen molar-refractivity contribution in [1.82, 2.24) is 0 Å². The Hall–Kier alpha value is -3.07. The maximum absolute atomic E-state index is 11.1. The molecule has 29 heavy (non-hydrogen) atoms. The van der Waals surface area contributed by atoms with Gasteiger partial charge in [0.25, 0.3) is 0 Å². The van der Waals surface area contributed by atoms with Gasteiger partial charge in [-0.05, 0) is 64.6 Å². The number of hydrogen-bond donors (Lipinski definition) is 1. The van der Waals surface area contributed by atoms with Crippen LogP contribution in [0, 0.1) is 5.92 Å². The van der Waals surface area contributed by atoms with Crippen LogP contribution in [0.15, 0.2) is 72.8 Å². The number of ether oxygens (including phenoxy) is 1. The molecular weight excluding hydrogens is 360 g/mol. The van der Waals surface area contributed by atoms with Gasteiger partial charge in [-0.2, -0.15) is 0 Å². The minimum Gasteiger partial charge on any atom is -0.489 e. The molecule has 4 rings (SSSR count). The molecule has 0 spiro atoms. The number of rotatable bonds is 6. The van der Waals surface area contributed by atoms with Crippen LogP contribution in [0.5, 0.6) is 5.75 Å². The third-order valence-electron chi connectivity index (χ3n) is 6.00. The molecule has 1 aliphatic rings. The zero-order chi connectivity index (χ0) is 20.2. The molecule has 3 nitrogen and oxygen atoms in total. The Kier molecular flexibility index (Phi) is 5.66. The van der Waals surface area contributed by atoms with E-state index in [1.165, 1.54) is 22.3 Å². The summed E-state index contributed by atoms with van der Waals surface area (Å²) in [6.45, 7) is 2.67. The number of carboxylic acid groups (broad SMARTS) is 1. The molecule has 1 N–H and O–H groups in total. The van der Waals surface area contributed by atoms with Gasteiger partial charge in [-0.15, -0.1) is 0 Å². The number of benzene rings is 3. The fourth-order valence-corrected chi connectivity index (χ4v) is 4.27. The van der Waals surface area contributed by atoms with Crippen LogP contribution in [0.4, 0.5) is 0 Å².